The van der Waals surface area contributed by atoms with Crippen molar-refractivity contribution >= 4 is 29.1 Å². The standard InChI is InChI=1S/C23H18N4O7/c28-21(16-2-1-3-18(11-16)27(33)34)24(12-13-4-8-17(9-5-13)26(31)32)25-22(29)19-14-6-7-15(10-14)20(19)23(25)30/h1-9,11,14-15,19-20H,10,12H2/t14-,15-,19+,20+/m0/s1. The van der Waals surface area contributed by atoms with E-state index in [0.29, 0.717) is 5.56 Å². The van der Waals surface area contributed by atoms with Gasteiger partial charge in [0.25, 0.3) is 29.1 Å². The molecule has 172 valence electrons. The van der Waals surface area contributed by atoms with E-state index in [1.54, 1.807) is 0 Å². The molecule has 2 aliphatic carbocycles. The zero-order valence-electron chi connectivity index (χ0n) is 17.6. The molecular weight excluding hydrogens is 444 g/mol. The second kappa shape index (κ2) is 7.87. The number of hydrogen-bond acceptors (Lipinski definition) is 7. The lowest BCUT2D eigenvalue weighted by Crippen LogP contribution is -2.50. The van der Waals surface area contributed by atoms with Crippen LogP contribution in [0.2, 0.25) is 0 Å². The zero-order valence-corrected chi connectivity index (χ0v) is 17.6. The highest BCUT2D eigenvalue weighted by Crippen LogP contribution is 2.52. The Labute approximate surface area is 192 Å². The fourth-order valence-electron chi connectivity index (χ4n) is 5.16. The average Bonchev–Trinajstić information content (AvgIpc) is 3.51. The maximum atomic E-state index is 13.5. The van der Waals surface area contributed by atoms with E-state index >= 15 is 0 Å². The molecular formula is C23H18N4O7. The van der Waals surface area contributed by atoms with E-state index in [9.17, 15) is 34.6 Å². The number of nitro groups is 2. The van der Waals surface area contributed by atoms with Crippen molar-refractivity contribution in [2.45, 2.75) is 13.0 Å². The Morgan fingerprint density at radius 2 is 1.50 bits per heavy atom. The quantitative estimate of drug-likeness (QED) is 0.278. The fourth-order valence-corrected chi connectivity index (χ4v) is 5.16. The maximum Gasteiger partial charge on any atom is 0.273 e. The van der Waals surface area contributed by atoms with Gasteiger partial charge in [-0.2, -0.15) is 5.01 Å². The van der Waals surface area contributed by atoms with E-state index in [0.717, 1.165) is 22.5 Å². The van der Waals surface area contributed by atoms with Gasteiger partial charge in [0.05, 0.1) is 28.2 Å². The lowest BCUT2D eigenvalue weighted by molar-refractivity contribution is -0.385. The summed E-state index contributed by atoms with van der Waals surface area (Å²) in [4.78, 5) is 61.2. The van der Waals surface area contributed by atoms with Gasteiger partial charge < -0.3 is 0 Å². The maximum absolute atomic E-state index is 13.5. The van der Waals surface area contributed by atoms with Gasteiger partial charge in [-0.1, -0.05) is 30.4 Å². The predicted octanol–water partition coefficient (Wildman–Crippen LogP) is 2.87. The van der Waals surface area contributed by atoms with Crippen molar-refractivity contribution in [3.05, 3.63) is 92.0 Å². The van der Waals surface area contributed by atoms with Crippen molar-refractivity contribution in [2.24, 2.45) is 23.7 Å². The molecule has 3 amide bonds. The summed E-state index contributed by atoms with van der Waals surface area (Å²) < 4.78 is 0. The molecule has 2 fully saturated rings. The number of hydrazine groups is 1. The number of fused-ring (bicyclic) bond motifs is 5. The second-order valence-corrected chi connectivity index (χ2v) is 8.58. The molecule has 0 unspecified atom stereocenters. The Morgan fingerprint density at radius 3 is 2.06 bits per heavy atom. The SMILES string of the molecule is O=C(c1cccc([N+](=O)[O-])c1)N(Cc1ccc([N+](=O)[O-])cc1)N1C(=O)[C@H]2[C@H](C1=O)[C@H]1C=C[C@H]2C1. The van der Waals surface area contributed by atoms with Crippen LogP contribution in [-0.4, -0.2) is 37.6 Å². The highest BCUT2D eigenvalue weighted by molar-refractivity contribution is 6.08. The van der Waals surface area contributed by atoms with Crippen LogP contribution in [0.4, 0.5) is 11.4 Å². The van der Waals surface area contributed by atoms with Gasteiger partial charge in [-0.05, 0) is 29.9 Å². The van der Waals surface area contributed by atoms with Gasteiger partial charge in [0, 0.05) is 29.8 Å². The van der Waals surface area contributed by atoms with Crippen LogP contribution in [0.1, 0.15) is 22.3 Å². The highest BCUT2D eigenvalue weighted by atomic mass is 16.6. The van der Waals surface area contributed by atoms with Crippen LogP contribution in [0.3, 0.4) is 0 Å². The number of allylic oxidation sites excluding steroid dienone is 2. The molecule has 2 aromatic rings. The molecule has 1 saturated heterocycles. The van der Waals surface area contributed by atoms with Crippen LogP contribution in [0.5, 0.6) is 0 Å². The lowest BCUT2D eigenvalue weighted by Gasteiger charge is -2.31. The van der Waals surface area contributed by atoms with Gasteiger partial charge in [-0.25, -0.2) is 5.01 Å². The van der Waals surface area contributed by atoms with E-state index in [4.69, 9.17) is 0 Å². The van der Waals surface area contributed by atoms with Crippen molar-refractivity contribution in [1.82, 2.24) is 10.0 Å². The Kier molecular flexibility index (Phi) is 4.96. The monoisotopic (exact) mass is 462 g/mol. The van der Waals surface area contributed by atoms with Gasteiger partial charge >= 0.3 is 0 Å². The molecule has 34 heavy (non-hydrogen) atoms. The number of carbonyl (C=O) groups excluding carboxylic acids is 3. The van der Waals surface area contributed by atoms with Crippen molar-refractivity contribution in [3.8, 4) is 0 Å². The summed E-state index contributed by atoms with van der Waals surface area (Å²) in [6, 6.07) is 10.4. The van der Waals surface area contributed by atoms with E-state index in [1.165, 1.54) is 42.5 Å². The van der Waals surface area contributed by atoms with E-state index in [-0.39, 0.29) is 35.3 Å². The van der Waals surface area contributed by atoms with Crippen LogP contribution in [0.25, 0.3) is 0 Å². The zero-order chi connectivity index (χ0) is 24.1. The fraction of sp³-hybridized carbons (Fsp3) is 0.261. The van der Waals surface area contributed by atoms with Gasteiger partial charge in [0.1, 0.15) is 0 Å². The summed E-state index contributed by atoms with van der Waals surface area (Å²) in [5.41, 5.74) is -0.0665. The van der Waals surface area contributed by atoms with Crippen molar-refractivity contribution in [2.75, 3.05) is 0 Å². The molecule has 0 N–H and O–H groups in total. The number of hydrogen-bond donors (Lipinski definition) is 0. The molecule has 1 aliphatic heterocycles. The number of non-ortho nitro benzene ring substituents is 2. The second-order valence-electron chi connectivity index (χ2n) is 8.58. The number of nitro benzene ring substituents is 2. The molecule has 0 aromatic heterocycles. The number of imide groups is 1. The minimum atomic E-state index is -0.760. The number of nitrogens with zero attached hydrogens (tertiary/aromatic N) is 4. The summed E-state index contributed by atoms with van der Waals surface area (Å²) in [5, 5.41) is 24.0. The summed E-state index contributed by atoms with van der Waals surface area (Å²) in [6.07, 6.45) is 4.59. The minimum absolute atomic E-state index is 0.0603. The predicted molar refractivity (Wildman–Crippen MR) is 116 cm³/mol. The molecule has 0 spiro atoms. The van der Waals surface area contributed by atoms with E-state index in [1.807, 2.05) is 12.2 Å². The minimum Gasteiger partial charge on any atom is -0.272 e. The summed E-state index contributed by atoms with van der Waals surface area (Å²) in [5.74, 6) is -2.93. The third kappa shape index (κ3) is 3.33. The largest absolute Gasteiger partial charge is 0.273 e. The molecule has 1 heterocycles. The summed E-state index contributed by atoms with van der Waals surface area (Å²) in [7, 11) is 0. The molecule has 2 aromatic carbocycles. The highest BCUT2D eigenvalue weighted by Gasteiger charge is 2.61. The third-order valence-corrected chi connectivity index (χ3v) is 6.71. The number of benzene rings is 2. The van der Waals surface area contributed by atoms with Crippen molar-refractivity contribution in [1.29, 1.82) is 0 Å². The molecule has 2 bridgehead atoms. The molecule has 5 rings (SSSR count). The first-order valence-electron chi connectivity index (χ1n) is 10.6. The Bertz CT molecular complexity index is 1240. The van der Waals surface area contributed by atoms with Crippen LogP contribution in [0.15, 0.2) is 60.7 Å². The normalized spacial score (nSPS) is 24.4. The first kappa shape index (κ1) is 21.4. The van der Waals surface area contributed by atoms with Gasteiger partial charge in [0.2, 0.25) is 0 Å². The van der Waals surface area contributed by atoms with Crippen LogP contribution in [0, 0.1) is 43.9 Å². The first-order valence-corrected chi connectivity index (χ1v) is 10.6. The molecule has 1 saturated carbocycles. The molecule has 11 nitrogen and oxygen atoms in total. The lowest BCUT2D eigenvalue weighted by atomic mass is 9.85. The van der Waals surface area contributed by atoms with Gasteiger partial charge in [0.15, 0.2) is 0 Å². The smallest absolute Gasteiger partial charge is 0.272 e. The topological polar surface area (TPSA) is 144 Å². The van der Waals surface area contributed by atoms with Crippen LogP contribution in [-0.2, 0) is 16.1 Å². The first-order chi connectivity index (χ1) is 16.3. The average molecular weight is 462 g/mol. The Balaban J connectivity index is 1.52. The van der Waals surface area contributed by atoms with Crippen LogP contribution >= 0.6 is 0 Å². The van der Waals surface area contributed by atoms with Crippen molar-refractivity contribution in [3.63, 3.8) is 0 Å². The Hall–Kier alpha value is -4.41. The number of rotatable bonds is 6. The summed E-state index contributed by atoms with van der Waals surface area (Å²) in [6.45, 7) is -0.223. The van der Waals surface area contributed by atoms with Gasteiger partial charge in [-0.3, -0.25) is 34.6 Å². The van der Waals surface area contributed by atoms with Gasteiger partial charge in [-0.15, -0.1) is 0 Å². The molecule has 4 atom stereocenters. The van der Waals surface area contributed by atoms with Crippen molar-refractivity contribution < 1.29 is 24.2 Å². The number of carbonyl (C=O) groups is 3. The van der Waals surface area contributed by atoms with Crippen LogP contribution < -0.4 is 0 Å². The molecule has 3 aliphatic rings. The molecule has 0 radical (unpaired) electrons. The van der Waals surface area contributed by atoms with E-state index in [2.05, 4.69) is 0 Å². The number of amides is 3. The molecule has 11 heteroatoms. The Morgan fingerprint density at radius 1 is 0.912 bits per heavy atom. The van der Waals surface area contributed by atoms with E-state index < -0.39 is 39.4 Å². The summed E-state index contributed by atoms with van der Waals surface area (Å²) >= 11 is 0. The third-order valence-electron chi connectivity index (χ3n) is 6.71.